The fourth-order valence-corrected chi connectivity index (χ4v) is 4.90. The summed E-state index contributed by atoms with van der Waals surface area (Å²) in [5.41, 5.74) is 2.74. The van der Waals surface area contributed by atoms with Gasteiger partial charge in [0.1, 0.15) is 18.4 Å². The second-order valence-corrected chi connectivity index (χ2v) is 11.5. The van der Waals surface area contributed by atoms with Gasteiger partial charge in [0.15, 0.2) is 0 Å². The van der Waals surface area contributed by atoms with Gasteiger partial charge in [-0.15, -0.1) is 0 Å². The molecule has 0 spiro atoms. The number of sulfonamides is 1. The fourth-order valence-electron chi connectivity index (χ4n) is 4.05. The Morgan fingerprint density at radius 2 is 1.50 bits per heavy atom. The third-order valence-corrected chi connectivity index (χ3v) is 7.11. The highest BCUT2D eigenvalue weighted by Crippen LogP contribution is 2.21. The minimum absolute atomic E-state index is 0.00632. The maximum atomic E-state index is 13.9. The Hall–Kier alpha value is -3.72. The summed E-state index contributed by atoms with van der Waals surface area (Å²) in [6.45, 7) is 5.03. The van der Waals surface area contributed by atoms with Crippen LogP contribution < -0.4 is 9.62 Å². The van der Waals surface area contributed by atoms with Gasteiger partial charge in [-0.1, -0.05) is 60.2 Å². The van der Waals surface area contributed by atoms with Crippen LogP contribution in [0.1, 0.15) is 30.5 Å². The zero-order valence-electron chi connectivity index (χ0n) is 22.1. The number of carbonyl (C=O) groups excluding carboxylic acids is 2. The van der Waals surface area contributed by atoms with Gasteiger partial charge in [0.2, 0.25) is 21.8 Å². The number of rotatable bonds is 11. The van der Waals surface area contributed by atoms with Gasteiger partial charge in [0.25, 0.3) is 0 Å². The van der Waals surface area contributed by atoms with Gasteiger partial charge in [-0.25, -0.2) is 12.8 Å². The summed E-state index contributed by atoms with van der Waals surface area (Å²) in [6, 6.07) is 20.7. The second-order valence-electron chi connectivity index (χ2n) is 9.62. The van der Waals surface area contributed by atoms with E-state index < -0.39 is 34.3 Å². The van der Waals surface area contributed by atoms with Crippen molar-refractivity contribution in [1.29, 1.82) is 0 Å². The summed E-state index contributed by atoms with van der Waals surface area (Å²) in [4.78, 5) is 28.7. The van der Waals surface area contributed by atoms with Crippen molar-refractivity contribution in [2.45, 2.75) is 45.8 Å². The molecule has 7 nitrogen and oxygen atoms in total. The standard InChI is InChI=1S/C29H34FN3O4S/c1-21(2)31-29(35)27(18-23-8-6-5-7-9-23)32(19-24-12-14-25(30)15-13-24)28(34)20-33(38(4,36)37)26-16-10-22(3)11-17-26/h5-17,21,27H,18-20H2,1-4H3,(H,31,35). The molecule has 3 aromatic carbocycles. The number of carbonyl (C=O) groups is 2. The highest BCUT2D eigenvalue weighted by atomic mass is 32.2. The molecule has 3 aromatic rings. The number of nitrogens with one attached hydrogen (secondary N) is 1. The molecule has 1 N–H and O–H groups in total. The molecule has 3 rings (SSSR count). The first kappa shape index (κ1) is 28.8. The van der Waals surface area contributed by atoms with Crippen LogP contribution in [0, 0.1) is 12.7 Å². The highest BCUT2D eigenvalue weighted by Gasteiger charge is 2.33. The lowest BCUT2D eigenvalue weighted by Crippen LogP contribution is -2.54. The number of aryl methyl sites for hydroxylation is 1. The van der Waals surface area contributed by atoms with E-state index in [4.69, 9.17) is 0 Å². The van der Waals surface area contributed by atoms with Crippen molar-refractivity contribution < 1.29 is 22.4 Å². The van der Waals surface area contributed by atoms with Gasteiger partial charge in [0, 0.05) is 19.0 Å². The van der Waals surface area contributed by atoms with Crippen molar-refractivity contribution in [3.05, 3.63) is 101 Å². The van der Waals surface area contributed by atoms with Gasteiger partial charge in [0.05, 0.1) is 11.9 Å². The Labute approximate surface area is 224 Å². The van der Waals surface area contributed by atoms with Crippen LogP contribution in [0.5, 0.6) is 0 Å². The third-order valence-electron chi connectivity index (χ3n) is 5.97. The van der Waals surface area contributed by atoms with E-state index in [1.54, 1.807) is 36.4 Å². The lowest BCUT2D eigenvalue weighted by molar-refractivity contribution is -0.140. The molecule has 0 bridgehead atoms. The topological polar surface area (TPSA) is 86.8 Å². The summed E-state index contributed by atoms with van der Waals surface area (Å²) in [6.07, 6.45) is 1.26. The van der Waals surface area contributed by atoms with Crippen LogP contribution in [0.25, 0.3) is 0 Å². The monoisotopic (exact) mass is 539 g/mol. The maximum absolute atomic E-state index is 13.9. The predicted molar refractivity (Wildman–Crippen MR) is 148 cm³/mol. The van der Waals surface area contributed by atoms with E-state index in [1.165, 1.54) is 17.0 Å². The molecule has 202 valence electrons. The van der Waals surface area contributed by atoms with Crippen LogP contribution >= 0.6 is 0 Å². The largest absolute Gasteiger partial charge is 0.352 e. The molecule has 0 aromatic heterocycles. The lowest BCUT2D eigenvalue weighted by atomic mass is 10.0. The molecule has 0 aliphatic heterocycles. The van der Waals surface area contributed by atoms with Crippen molar-refractivity contribution in [2.75, 3.05) is 17.1 Å². The van der Waals surface area contributed by atoms with Crippen LogP contribution in [0.15, 0.2) is 78.9 Å². The van der Waals surface area contributed by atoms with Gasteiger partial charge < -0.3 is 10.2 Å². The lowest BCUT2D eigenvalue weighted by Gasteiger charge is -2.34. The summed E-state index contributed by atoms with van der Waals surface area (Å²) in [7, 11) is -3.83. The second kappa shape index (κ2) is 12.7. The SMILES string of the molecule is Cc1ccc(N(CC(=O)N(Cc2ccc(F)cc2)C(Cc2ccccc2)C(=O)NC(C)C)S(C)(=O)=O)cc1. The average Bonchev–Trinajstić information content (AvgIpc) is 2.86. The molecule has 2 amide bonds. The van der Waals surface area contributed by atoms with Crippen LogP contribution in [0.2, 0.25) is 0 Å². The molecule has 0 heterocycles. The first-order valence-corrected chi connectivity index (χ1v) is 14.2. The fraction of sp³-hybridized carbons (Fsp3) is 0.310. The normalized spacial score (nSPS) is 12.2. The van der Waals surface area contributed by atoms with Crippen molar-refractivity contribution >= 4 is 27.5 Å². The quantitative estimate of drug-likeness (QED) is 0.398. The van der Waals surface area contributed by atoms with Crippen molar-refractivity contribution in [3.63, 3.8) is 0 Å². The Bertz CT molecular complexity index is 1330. The molecule has 0 saturated carbocycles. The minimum atomic E-state index is -3.83. The number of anilines is 1. The van der Waals surface area contributed by atoms with Crippen molar-refractivity contribution in [1.82, 2.24) is 10.2 Å². The molecule has 1 unspecified atom stereocenters. The molecule has 9 heteroatoms. The van der Waals surface area contributed by atoms with Gasteiger partial charge in [-0.05, 0) is 56.2 Å². The zero-order chi connectivity index (χ0) is 27.9. The number of hydrogen-bond acceptors (Lipinski definition) is 4. The average molecular weight is 540 g/mol. The van der Waals surface area contributed by atoms with Crippen LogP contribution in [0.4, 0.5) is 10.1 Å². The third kappa shape index (κ3) is 8.14. The Morgan fingerprint density at radius 3 is 2.05 bits per heavy atom. The highest BCUT2D eigenvalue weighted by molar-refractivity contribution is 7.92. The first-order chi connectivity index (χ1) is 17.9. The van der Waals surface area contributed by atoms with E-state index in [0.29, 0.717) is 11.3 Å². The Morgan fingerprint density at radius 1 is 0.895 bits per heavy atom. The molecule has 38 heavy (non-hydrogen) atoms. The molecule has 0 fully saturated rings. The number of benzene rings is 3. The van der Waals surface area contributed by atoms with E-state index in [-0.39, 0.29) is 24.9 Å². The van der Waals surface area contributed by atoms with E-state index in [1.807, 2.05) is 51.1 Å². The Balaban J connectivity index is 2.04. The number of hydrogen-bond donors (Lipinski definition) is 1. The summed E-state index contributed by atoms with van der Waals surface area (Å²) < 4.78 is 40.1. The van der Waals surface area contributed by atoms with Gasteiger partial charge >= 0.3 is 0 Å². The van der Waals surface area contributed by atoms with Crippen LogP contribution in [0.3, 0.4) is 0 Å². The molecule has 0 saturated heterocycles. The molecular formula is C29H34FN3O4S. The van der Waals surface area contributed by atoms with E-state index in [0.717, 1.165) is 21.7 Å². The van der Waals surface area contributed by atoms with E-state index in [2.05, 4.69) is 5.32 Å². The maximum Gasteiger partial charge on any atom is 0.244 e. The smallest absolute Gasteiger partial charge is 0.244 e. The molecular weight excluding hydrogens is 505 g/mol. The number of amides is 2. The molecule has 0 aliphatic carbocycles. The predicted octanol–water partition coefficient (Wildman–Crippen LogP) is 4.06. The van der Waals surface area contributed by atoms with E-state index in [9.17, 15) is 22.4 Å². The van der Waals surface area contributed by atoms with Gasteiger partial charge in [-0.2, -0.15) is 0 Å². The molecule has 1 atom stereocenters. The number of halogens is 1. The van der Waals surface area contributed by atoms with E-state index >= 15 is 0 Å². The molecule has 0 radical (unpaired) electrons. The minimum Gasteiger partial charge on any atom is -0.352 e. The Kier molecular flexibility index (Phi) is 9.63. The first-order valence-electron chi connectivity index (χ1n) is 12.4. The van der Waals surface area contributed by atoms with Crippen LogP contribution in [-0.2, 0) is 32.6 Å². The molecule has 0 aliphatic rings. The summed E-state index contributed by atoms with van der Waals surface area (Å²) in [5.74, 6) is -1.34. The van der Waals surface area contributed by atoms with Crippen LogP contribution in [-0.4, -0.2) is 50.0 Å². The zero-order valence-corrected chi connectivity index (χ0v) is 22.9. The van der Waals surface area contributed by atoms with Gasteiger partial charge in [-0.3, -0.25) is 13.9 Å². The van der Waals surface area contributed by atoms with Crippen molar-refractivity contribution in [2.24, 2.45) is 0 Å². The summed E-state index contributed by atoms with van der Waals surface area (Å²) >= 11 is 0. The van der Waals surface area contributed by atoms with Crippen molar-refractivity contribution in [3.8, 4) is 0 Å². The summed E-state index contributed by atoms with van der Waals surface area (Å²) in [5, 5.41) is 2.89. The number of nitrogens with zero attached hydrogens (tertiary/aromatic N) is 2.